The minimum Gasteiger partial charge on any atom is -0.479 e. The van der Waals surface area contributed by atoms with Gasteiger partial charge in [-0.2, -0.15) is 4.31 Å². The van der Waals surface area contributed by atoms with Gasteiger partial charge < -0.3 is 30.1 Å². The molecular formula is C37H43FN6O12S. The number of aliphatic carboxylic acids is 1. The first-order chi connectivity index (χ1) is 26.8. The Bertz CT molecular complexity index is 2130. The van der Waals surface area contributed by atoms with Crippen LogP contribution in [-0.2, 0) is 47.0 Å². The maximum atomic E-state index is 14.6. The third-order valence-electron chi connectivity index (χ3n) is 10.3. The fraction of sp³-hybridized carbons (Fsp3) is 0.486. The number of amides is 4. The van der Waals surface area contributed by atoms with Crippen LogP contribution in [0.4, 0.5) is 19.7 Å². The lowest BCUT2D eigenvalue weighted by Crippen LogP contribution is -2.57. The molecule has 0 radical (unpaired) electrons. The number of nitrogens with zero attached hydrogens (tertiary/aromatic N) is 4. The number of nitro benzene ring substituents is 1. The van der Waals surface area contributed by atoms with Crippen LogP contribution in [0.2, 0.25) is 0 Å². The molecule has 5 atom stereocenters. The molecule has 0 spiro atoms. The minimum absolute atomic E-state index is 0.0171. The normalized spacial score (nSPS) is 25.5. The van der Waals surface area contributed by atoms with E-state index < -0.39 is 110 Å². The summed E-state index contributed by atoms with van der Waals surface area (Å²) in [5.74, 6) is -4.30. The van der Waals surface area contributed by atoms with Gasteiger partial charge in [-0.25, -0.2) is 27.2 Å². The van der Waals surface area contributed by atoms with E-state index in [9.17, 15) is 52.0 Å². The number of carbonyl (C=O) groups excluding carboxylic acids is 4. The van der Waals surface area contributed by atoms with E-state index in [0.29, 0.717) is 11.1 Å². The number of halogens is 1. The van der Waals surface area contributed by atoms with Gasteiger partial charge in [-0.15, -0.1) is 0 Å². The third-order valence-corrected chi connectivity index (χ3v) is 12.2. The van der Waals surface area contributed by atoms with Crippen LogP contribution in [0.25, 0.3) is 0 Å². The van der Waals surface area contributed by atoms with Crippen molar-refractivity contribution in [1.29, 1.82) is 0 Å². The Labute approximate surface area is 327 Å². The van der Waals surface area contributed by atoms with Crippen LogP contribution < -0.4 is 10.6 Å². The summed E-state index contributed by atoms with van der Waals surface area (Å²) in [6.45, 7) is 3.62. The van der Waals surface area contributed by atoms with Crippen molar-refractivity contribution in [2.75, 3.05) is 19.6 Å². The molecule has 2 aromatic rings. The molecule has 20 heteroatoms. The number of hydrogen-bond donors (Lipinski definition) is 3. The number of ether oxygens (including phenoxy) is 2. The molecule has 4 amide bonds. The molecular weight excluding hydrogens is 772 g/mol. The molecule has 6 rings (SSSR count). The molecule has 1 saturated heterocycles. The van der Waals surface area contributed by atoms with Crippen molar-refractivity contribution in [3.63, 3.8) is 0 Å². The zero-order valence-corrected chi connectivity index (χ0v) is 32.2. The molecule has 1 aliphatic carbocycles. The zero-order chi connectivity index (χ0) is 41.4. The molecule has 1 unspecified atom stereocenters. The molecule has 3 aliphatic heterocycles. The Morgan fingerprint density at radius 2 is 1.82 bits per heavy atom. The van der Waals surface area contributed by atoms with Gasteiger partial charge in [0.2, 0.25) is 21.8 Å². The van der Waals surface area contributed by atoms with Crippen LogP contribution in [0, 0.1) is 21.8 Å². The van der Waals surface area contributed by atoms with Gasteiger partial charge in [-0.05, 0) is 57.7 Å². The lowest BCUT2D eigenvalue weighted by atomic mass is 10.1. The second kappa shape index (κ2) is 15.7. The van der Waals surface area contributed by atoms with E-state index in [4.69, 9.17) is 9.47 Å². The minimum atomic E-state index is -4.61. The predicted molar refractivity (Wildman–Crippen MR) is 196 cm³/mol. The number of carbonyl (C=O) groups is 5. The summed E-state index contributed by atoms with van der Waals surface area (Å²) < 4.78 is 54.7. The predicted octanol–water partition coefficient (Wildman–Crippen LogP) is 3.05. The number of nitrogens with one attached hydrogen (secondary N) is 2. The van der Waals surface area contributed by atoms with Crippen LogP contribution in [0.5, 0.6) is 0 Å². The summed E-state index contributed by atoms with van der Waals surface area (Å²) in [5, 5.41) is 27.1. The Morgan fingerprint density at radius 1 is 1.09 bits per heavy atom. The highest BCUT2D eigenvalue weighted by Crippen LogP contribution is 2.45. The third kappa shape index (κ3) is 8.70. The highest BCUT2D eigenvalue weighted by Gasteiger charge is 2.61. The van der Waals surface area contributed by atoms with E-state index in [2.05, 4.69) is 10.6 Å². The van der Waals surface area contributed by atoms with E-state index >= 15 is 0 Å². The molecule has 306 valence electrons. The standard InChI is InChI=1S/C37H43FN6O12S/c1-36(2,3)56-34(49)39-27-14-16-42(57(53,54)30-13-5-4-12-28(30)44(51)52)15-7-6-10-23-18-37(23,33(47)48)40-31(45)29-17-24(20-43(29)32(27)46)55-35(50)41-19-22-9-8-11-26(38)25(22)21-41/h4-6,8-13,23-24,27,29H,7,14-21H2,1-3H3,(H,39,49)(H,40,45)(H,47,48)/t23?,24-,27+,29+,37-/m1/s1. The van der Waals surface area contributed by atoms with Crippen molar-refractivity contribution in [2.45, 2.75) is 93.8 Å². The molecule has 3 heterocycles. The van der Waals surface area contributed by atoms with Crippen molar-refractivity contribution >= 4 is 45.7 Å². The van der Waals surface area contributed by atoms with Crippen molar-refractivity contribution in [1.82, 2.24) is 24.7 Å². The van der Waals surface area contributed by atoms with Crippen molar-refractivity contribution < 1.29 is 56.3 Å². The highest BCUT2D eigenvalue weighted by atomic mass is 32.2. The molecule has 2 fully saturated rings. The largest absolute Gasteiger partial charge is 0.479 e. The number of para-hydroxylation sites is 1. The van der Waals surface area contributed by atoms with Crippen molar-refractivity contribution in [2.24, 2.45) is 5.92 Å². The van der Waals surface area contributed by atoms with Crippen LogP contribution in [0.15, 0.2) is 59.5 Å². The van der Waals surface area contributed by atoms with Gasteiger partial charge >= 0.3 is 18.2 Å². The summed E-state index contributed by atoms with van der Waals surface area (Å²) in [6, 6.07) is 6.24. The van der Waals surface area contributed by atoms with Gasteiger partial charge in [0.05, 0.1) is 18.0 Å². The van der Waals surface area contributed by atoms with Gasteiger partial charge in [-0.1, -0.05) is 36.4 Å². The van der Waals surface area contributed by atoms with Crippen LogP contribution >= 0.6 is 0 Å². The first kappa shape index (κ1) is 41.0. The molecule has 3 N–H and O–H groups in total. The van der Waals surface area contributed by atoms with Crippen molar-refractivity contribution in [3.8, 4) is 0 Å². The van der Waals surface area contributed by atoms with Gasteiger partial charge in [0.1, 0.15) is 35.1 Å². The second-order valence-electron chi connectivity index (χ2n) is 15.4. The van der Waals surface area contributed by atoms with E-state index in [1.807, 2.05) is 0 Å². The molecule has 18 nitrogen and oxygen atoms in total. The van der Waals surface area contributed by atoms with Crippen LogP contribution in [0.3, 0.4) is 0 Å². The summed E-state index contributed by atoms with van der Waals surface area (Å²) in [4.78, 5) is 80.3. The van der Waals surface area contributed by atoms with Gasteiger partial charge in [-0.3, -0.25) is 24.6 Å². The number of rotatable bonds is 6. The SMILES string of the molecule is CC(C)(C)OC(=O)N[C@H]1CCN(S(=O)(=O)c2ccccc2[N+](=O)[O-])CCC=CC2C[C@@]2(C(=O)O)NC(=O)[C@@H]2C[C@@H](OC(=O)N3Cc4cccc(F)c4C3)CN2C1=O. The molecule has 0 aromatic heterocycles. The number of benzene rings is 2. The Balaban J connectivity index is 1.33. The lowest BCUT2D eigenvalue weighted by molar-refractivity contribution is -0.387. The molecule has 0 bridgehead atoms. The number of sulfonamides is 1. The quantitative estimate of drug-likeness (QED) is 0.217. The fourth-order valence-corrected chi connectivity index (χ4v) is 8.97. The van der Waals surface area contributed by atoms with E-state index in [1.165, 1.54) is 35.2 Å². The Hall–Kier alpha value is -5.63. The molecule has 1 saturated carbocycles. The molecule has 2 aromatic carbocycles. The summed E-state index contributed by atoms with van der Waals surface area (Å²) in [5.41, 5.74) is -2.56. The monoisotopic (exact) mass is 814 g/mol. The Kier molecular flexibility index (Phi) is 11.3. The van der Waals surface area contributed by atoms with E-state index in [1.54, 1.807) is 32.9 Å². The number of carboxylic acids is 1. The summed E-state index contributed by atoms with van der Waals surface area (Å²) in [7, 11) is -4.61. The van der Waals surface area contributed by atoms with Gasteiger partial charge in [0.25, 0.3) is 5.69 Å². The van der Waals surface area contributed by atoms with Gasteiger partial charge in [0.15, 0.2) is 4.90 Å². The van der Waals surface area contributed by atoms with Gasteiger partial charge in [0, 0.05) is 43.6 Å². The number of nitro groups is 1. The lowest BCUT2D eigenvalue weighted by Gasteiger charge is -2.31. The van der Waals surface area contributed by atoms with Crippen LogP contribution in [0.1, 0.15) is 57.6 Å². The first-order valence-electron chi connectivity index (χ1n) is 18.3. The molecule has 57 heavy (non-hydrogen) atoms. The number of alkyl carbamates (subject to hydrolysis) is 1. The smallest absolute Gasteiger partial charge is 0.410 e. The highest BCUT2D eigenvalue weighted by molar-refractivity contribution is 7.89. The number of carboxylic acid groups (broad SMARTS) is 1. The number of hydrogen-bond acceptors (Lipinski definition) is 11. The summed E-state index contributed by atoms with van der Waals surface area (Å²) in [6.07, 6.45) is -0.601. The molecule has 4 aliphatic rings. The summed E-state index contributed by atoms with van der Waals surface area (Å²) >= 11 is 0. The second-order valence-corrected chi connectivity index (χ2v) is 17.3. The maximum absolute atomic E-state index is 14.6. The zero-order valence-electron chi connectivity index (χ0n) is 31.4. The van der Waals surface area contributed by atoms with E-state index in [-0.39, 0.29) is 45.4 Å². The topological polar surface area (TPSA) is 235 Å². The van der Waals surface area contributed by atoms with Crippen LogP contribution in [-0.4, -0.2) is 111 Å². The van der Waals surface area contributed by atoms with E-state index in [0.717, 1.165) is 21.3 Å². The average Bonchev–Trinajstić information content (AvgIpc) is 3.42. The maximum Gasteiger partial charge on any atom is 0.410 e. The number of fused-ring (bicyclic) bond motifs is 3. The Morgan fingerprint density at radius 3 is 2.51 bits per heavy atom. The van der Waals surface area contributed by atoms with Crippen molar-refractivity contribution in [3.05, 3.63) is 81.7 Å². The average molecular weight is 815 g/mol. The fourth-order valence-electron chi connectivity index (χ4n) is 7.35. The first-order valence-corrected chi connectivity index (χ1v) is 19.7.